The smallest absolute Gasteiger partial charge is 0.336 e. The first-order valence-corrected chi connectivity index (χ1v) is 10.2. The minimum Gasteiger partial charge on any atom is -0.495 e. The molecule has 0 aromatic heterocycles. The minimum absolute atomic E-state index is 0.0550. The van der Waals surface area contributed by atoms with E-state index in [1.807, 2.05) is 13.8 Å². The molecule has 1 fully saturated rings. The second-order valence-electron chi connectivity index (χ2n) is 6.97. The highest BCUT2D eigenvalue weighted by atomic mass is 35.5. The van der Waals surface area contributed by atoms with E-state index < -0.39 is 17.8 Å². The van der Waals surface area contributed by atoms with Gasteiger partial charge >= 0.3 is 6.03 Å². The summed E-state index contributed by atoms with van der Waals surface area (Å²) in [6.45, 7) is 3.68. The van der Waals surface area contributed by atoms with Crippen LogP contribution >= 0.6 is 23.2 Å². The molecule has 1 saturated heterocycles. The Kier molecular flexibility index (Phi) is 6.96. The second kappa shape index (κ2) is 9.50. The average Bonchev–Trinajstić information content (AvgIpc) is 2.73. The summed E-state index contributed by atoms with van der Waals surface area (Å²) in [4.78, 5) is 39.2. The molecule has 8 nitrogen and oxygen atoms in total. The van der Waals surface area contributed by atoms with Crippen LogP contribution in [0.15, 0.2) is 35.9 Å². The van der Waals surface area contributed by atoms with Crippen molar-refractivity contribution in [2.24, 2.45) is 0 Å². The Hall–Kier alpha value is -3.23. The highest BCUT2D eigenvalue weighted by molar-refractivity contribution is 6.40. The highest BCUT2D eigenvalue weighted by Gasteiger charge is 2.38. The van der Waals surface area contributed by atoms with Crippen LogP contribution in [0.25, 0.3) is 6.08 Å². The molecule has 2 aromatic carbocycles. The van der Waals surface area contributed by atoms with Gasteiger partial charge in [0.05, 0.1) is 31.0 Å². The fourth-order valence-electron chi connectivity index (χ4n) is 3.04. The third kappa shape index (κ3) is 4.66. The van der Waals surface area contributed by atoms with Crippen LogP contribution in [0, 0.1) is 0 Å². The van der Waals surface area contributed by atoms with Gasteiger partial charge in [-0.1, -0.05) is 23.2 Å². The molecular formula is C22H20Cl2N2O6. The topological polar surface area (TPSA) is 94.2 Å². The molecule has 3 rings (SSSR count). The highest BCUT2D eigenvalue weighted by Crippen LogP contribution is 2.39. The zero-order valence-electron chi connectivity index (χ0n) is 17.7. The van der Waals surface area contributed by atoms with Crippen molar-refractivity contribution in [2.75, 3.05) is 19.1 Å². The van der Waals surface area contributed by atoms with Gasteiger partial charge in [-0.15, -0.1) is 0 Å². The number of benzene rings is 2. The van der Waals surface area contributed by atoms with E-state index in [-0.39, 0.29) is 33.9 Å². The molecule has 4 amide bonds. The first-order chi connectivity index (χ1) is 15.2. The van der Waals surface area contributed by atoms with Gasteiger partial charge in [-0.05, 0) is 38.1 Å². The molecule has 0 spiro atoms. The van der Waals surface area contributed by atoms with E-state index in [2.05, 4.69) is 5.32 Å². The molecule has 1 aliphatic rings. The second-order valence-corrected chi connectivity index (χ2v) is 7.81. The summed E-state index contributed by atoms with van der Waals surface area (Å²) >= 11 is 12.2. The maximum Gasteiger partial charge on any atom is 0.336 e. The van der Waals surface area contributed by atoms with E-state index in [0.29, 0.717) is 16.3 Å². The molecular weight excluding hydrogens is 459 g/mol. The molecule has 1 heterocycles. The normalized spacial score (nSPS) is 15.3. The third-order valence-corrected chi connectivity index (χ3v) is 4.96. The summed E-state index contributed by atoms with van der Waals surface area (Å²) in [5.41, 5.74) is 0.162. The summed E-state index contributed by atoms with van der Waals surface area (Å²) in [5, 5.41) is 2.77. The maximum atomic E-state index is 13.3. The zero-order valence-corrected chi connectivity index (χ0v) is 19.2. The van der Waals surface area contributed by atoms with Gasteiger partial charge in [0.1, 0.15) is 22.8 Å². The van der Waals surface area contributed by atoms with Gasteiger partial charge in [0.25, 0.3) is 11.8 Å². The van der Waals surface area contributed by atoms with Crippen LogP contribution in [0.3, 0.4) is 0 Å². The molecule has 0 bridgehead atoms. The molecule has 10 heteroatoms. The van der Waals surface area contributed by atoms with Crippen molar-refractivity contribution in [2.45, 2.75) is 20.0 Å². The molecule has 168 valence electrons. The molecule has 0 atom stereocenters. The van der Waals surface area contributed by atoms with Crippen molar-refractivity contribution >= 4 is 52.8 Å². The van der Waals surface area contributed by atoms with E-state index in [0.717, 1.165) is 4.90 Å². The summed E-state index contributed by atoms with van der Waals surface area (Å²) in [6.07, 6.45) is 1.16. The van der Waals surface area contributed by atoms with E-state index in [1.165, 1.54) is 32.4 Å². The number of ether oxygens (including phenoxy) is 3. The Morgan fingerprint density at radius 1 is 0.969 bits per heavy atom. The predicted octanol–water partition coefficient (Wildman–Crippen LogP) is 4.46. The number of rotatable bonds is 6. The number of hydrogen-bond donors (Lipinski definition) is 1. The van der Waals surface area contributed by atoms with Crippen molar-refractivity contribution in [1.82, 2.24) is 5.32 Å². The Bertz CT molecular complexity index is 1130. The van der Waals surface area contributed by atoms with Crippen LogP contribution in [-0.2, 0) is 9.59 Å². The zero-order chi connectivity index (χ0) is 23.6. The standard InChI is InChI=1S/C22H20Cl2N2O6/c1-11(2)32-17-6-5-13(23)7-12(17)8-14-20(27)25-22(29)26(21(14)28)16-10-18(30-3)15(24)9-19(16)31-4/h5-11H,1-4H3,(H,25,27,29)/b14-8+. The van der Waals surface area contributed by atoms with Crippen molar-refractivity contribution in [3.05, 3.63) is 51.5 Å². The molecule has 0 radical (unpaired) electrons. The molecule has 32 heavy (non-hydrogen) atoms. The summed E-state index contributed by atoms with van der Waals surface area (Å²) in [5.74, 6) is -0.942. The number of carbonyl (C=O) groups excluding carboxylic acids is 3. The number of amides is 4. The predicted molar refractivity (Wildman–Crippen MR) is 121 cm³/mol. The van der Waals surface area contributed by atoms with E-state index in [4.69, 9.17) is 37.4 Å². The Morgan fingerprint density at radius 3 is 2.28 bits per heavy atom. The van der Waals surface area contributed by atoms with Crippen molar-refractivity contribution in [3.8, 4) is 17.2 Å². The summed E-state index contributed by atoms with van der Waals surface area (Å²) < 4.78 is 16.2. The summed E-state index contributed by atoms with van der Waals surface area (Å²) in [6, 6.07) is 6.66. The van der Waals surface area contributed by atoms with Gasteiger partial charge in [0.15, 0.2) is 0 Å². The van der Waals surface area contributed by atoms with Gasteiger partial charge in [-0.3, -0.25) is 14.9 Å². The summed E-state index contributed by atoms with van der Waals surface area (Å²) in [7, 11) is 2.75. The first-order valence-electron chi connectivity index (χ1n) is 9.45. The molecule has 2 aromatic rings. The number of urea groups is 1. The number of nitrogens with one attached hydrogen (secondary N) is 1. The fraction of sp³-hybridized carbons (Fsp3) is 0.227. The number of halogens is 2. The van der Waals surface area contributed by atoms with Crippen LogP contribution in [-0.4, -0.2) is 38.2 Å². The molecule has 0 unspecified atom stereocenters. The number of imide groups is 2. The van der Waals surface area contributed by atoms with Gasteiger partial charge in [-0.2, -0.15) is 0 Å². The molecule has 1 aliphatic heterocycles. The largest absolute Gasteiger partial charge is 0.495 e. The number of methoxy groups -OCH3 is 2. The van der Waals surface area contributed by atoms with Crippen molar-refractivity contribution < 1.29 is 28.6 Å². The minimum atomic E-state index is -0.940. The number of hydrogen-bond acceptors (Lipinski definition) is 6. The quantitative estimate of drug-likeness (QED) is 0.486. The first kappa shape index (κ1) is 23.4. The Labute approximate surface area is 194 Å². The van der Waals surface area contributed by atoms with Crippen molar-refractivity contribution in [1.29, 1.82) is 0 Å². The van der Waals surface area contributed by atoms with Crippen LogP contribution in [0.5, 0.6) is 17.2 Å². The lowest BCUT2D eigenvalue weighted by atomic mass is 10.1. The van der Waals surface area contributed by atoms with Gasteiger partial charge in [0, 0.05) is 22.7 Å². The maximum absolute atomic E-state index is 13.3. The van der Waals surface area contributed by atoms with E-state index in [9.17, 15) is 14.4 Å². The molecule has 1 N–H and O–H groups in total. The monoisotopic (exact) mass is 478 g/mol. The Balaban J connectivity index is 2.13. The third-order valence-electron chi connectivity index (χ3n) is 4.43. The van der Waals surface area contributed by atoms with Crippen LogP contribution in [0.1, 0.15) is 19.4 Å². The average molecular weight is 479 g/mol. The van der Waals surface area contributed by atoms with Crippen LogP contribution in [0.4, 0.5) is 10.5 Å². The van der Waals surface area contributed by atoms with E-state index in [1.54, 1.807) is 18.2 Å². The van der Waals surface area contributed by atoms with E-state index >= 15 is 0 Å². The number of barbiturate groups is 1. The van der Waals surface area contributed by atoms with Crippen molar-refractivity contribution in [3.63, 3.8) is 0 Å². The van der Waals surface area contributed by atoms with Crippen LogP contribution in [0.2, 0.25) is 10.0 Å². The Morgan fingerprint density at radius 2 is 1.66 bits per heavy atom. The lowest BCUT2D eigenvalue weighted by molar-refractivity contribution is -0.122. The lowest BCUT2D eigenvalue weighted by Crippen LogP contribution is -2.54. The SMILES string of the molecule is COc1cc(N2C(=O)NC(=O)/C(=C\c3cc(Cl)ccc3OC(C)C)C2=O)c(OC)cc1Cl. The van der Waals surface area contributed by atoms with Crippen LogP contribution < -0.4 is 24.4 Å². The molecule has 0 saturated carbocycles. The fourth-order valence-corrected chi connectivity index (χ4v) is 3.46. The van der Waals surface area contributed by atoms with Gasteiger partial charge < -0.3 is 14.2 Å². The molecule has 0 aliphatic carbocycles. The number of anilines is 1. The van der Waals surface area contributed by atoms with Gasteiger partial charge in [-0.25, -0.2) is 9.69 Å². The number of nitrogens with zero attached hydrogens (tertiary/aromatic N) is 1. The lowest BCUT2D eigenvalue weighted by Gasteiger charge is -2.28. The van der Waals surface area contributed by atoms with Gasteiger partial charge in [0.2, 0.25) is 0 Å². The number of carbonyl (C=O) groups is 3.